The summed E-state index contributed by atoms with van der Waals surface area (Å²) >= 11 is 0. The quantitative estimate of drug-likeness (QED) is 0.930. The Bertz CT molecular complexity index is 755. The summed E-state index contributed by atoms with van der Waals surface area (Å²) in [6.45, 7) is 1.94. The third kappa shape index (κ3) is 4.17. The zero-order chi connectivity index (χ0) is 17.6. The molecule has 5 heteroatoms. The van der Waals surface area contributed by atoms with Gasteiger partial charge in [0.25, 0.3) is 5.91 Å². The second kappa shape index (κ2) is 7.82. The van der Waals surface area contributed by atoms with E-state index < -0.39 is 0 Å². The fourth-order valence-electron chi connectivity index (χ4n) is 3.00. The standard InChI is InChI=1S/C20H21N3O2/c1-25-19-10-12-23(13-11-19)18-8-4-16(5-9-18)20(24)22-17-6-2-15(14-21)3-7-17/h2-9,19H,10-13H2,1H3,(H,22,24). The summed E-state index contributed by atoms with van der Waals surface area (Å²) in [4.78, 5) is 14.6. The van der Waals surface area contributed by atoms with E-state index >= 15 is 0 Å². The van der Waals surface area contributed by atoms with Crippen molar-refractivity contribution in [1.29, 1.82) is 5.26 Å². The van der Waals surface area contributed by atoms with Crippen LogP contribution < -0.4 is 10.2 Å². The molecule has 0 bridgehead atoms. The minimum atomic E-state index is -0.158. The van der Waals surface area contributed by atoms with Crippen LogP contribution >= 0.6 is 0 Å². The van der Waals surface area contributed by atoms with Crippen molar-refractivity contribution in [2.75, 3.05) is 30.4 Å². The second-order valence-electron chi connectivity index (χ2n) is 6.11. The molecular formula is C20H21N3O2. The van der Waals surface area contributed by atoms with Crippen LogP contribution in [0.3, 0.4) is 0 Å². The minimum absolute atomic E-state index is 0.158. The summed E-state index contributed by atoms with van der Waals surface area (Å²) in [5.41, 5.74) is 2.98. The Labute approximate surface area is 147 Å². The topological polar surface area (TPSA) is 65.4 Å². The zero-order valence-corrected chi connectivity index (χ0v) is 14.2. The summed E-state index contributed by atoms with van der Waals surface area (Å²) in [6.07, 6.45) is 2.41. The molecule has 0 spiro atoms. The fourth-order valence-corrected chi connectivity index (χ4v) is 3.00. The molecule has 1 amide bonds. The minimum Gasteiger partial charge on any atom is -0.381 e. The number of nitrogens with zero attached hydrogens (tertiary/aromatic N) is 2. The largest absolute Gasteiger partial charge is 0.381 e. The normalized spacial score (nSPS) is 14.8. The van der Waals surface area contributed by atoms with Gasteiger partial charge in [-0.05, 0) is 61.4 Å². The van der Waals surface area contributed by atoms with E-state index in [1.807, 2.05) is 24.3 Å². The van der Waals surface area contributed by atoms with Gasteiger partial charge >= 0.3 is 0 Å². The number of hydrogen-bond donors (Lipinski definition) is 1. The summed E-state index contributed by atoms with van der Waals surface area (Å²) in [7, 11) is 1.77. The summed E-state index contributed by atoms with van der Waals surface area (Å²) in [6, 6.07) is 16.5. The highest BCUT2D eigenvalue weighted by Gasteiger charge is 2.19. The van der Waals surface area contributed by atoms with Crippen LogP contribution in [-0.2, 0) is 4.74 Å². The summed E-state index contributed by atoms with van der Waals surface area (Å²) < 4.78 is 5.40. The van der Waals surface area contributed by atoms with E-state index in [0.717, 1.165) is 31.6 Å². The number of anilines is 2. The lowest BCUT2D eigenvalue weighted by Crippen LogP contribution is -2.36. The van der Waals surface area contributed by atoms with Gasteiger partial charge in [0.05, 0.1) is 17.7 Å². The van der Waals surface area contributed by atoms with Crippen molar-refractivity contribution in [3.8, 4) is 6.07 Å². The third-order valence-corrected chi connectivity index (χ3v) is 4.54. The van der Waals surface area contributed by atoms with Gasteiger partial charge in [0.2, 0.25) is 0 Å². The monoisotopic (exact) mass is 335 g/mol. The molecule has 1 saturated heterocycles. The van der Waals surface area contributed by atoms with E-state index in [9.17, 15) is 4.79 Å². The predicted octanol–water partition coefficient (Wildman–Crippen LogP) is 3.43. The van der Waals surface area contributed by atoms with Crippen LogP contribution in [-0.4, -0.2) is 32.2 Å². The van der Waals surface area contributed by atoms with Crippen molar-refractivity contribution in [3.05, 3.63) is 59.7 Å². The summed E-state index contributed by atoms with van der Waals surface area (Å²) in [5, 5.41) is 11.6. The predicted molar refractivity (Wildman–Crippen MR) is 97.8 cm³/mol. The molecule has 1 heterocycles. The molecule has 0 atom stereocenters. The Hall–Kier alpha value is -2.84. The van der Waals surface area contributed by atoms with Gasteiger partial charge in [-0.15, -0.1) is 0 Å². The number of hydrogen-bond acceptors (Lipinski definition) is 4. The molecule has 1 aliphatic rings. The average molecular weight is 335 g/mol. The fraction of sp³-hybridized carbons (Fsp3) is 0.300. The van der Waals surface area contributed by atoms with Crippen LogP contribution in [0.15, 0.2) is 48.5 Å². The van der Waals surface area contributed by atoms with Crippen LogP contribution in [0.25, 0.3) is 0 Å². The van der Waals surface area contributed by atoms with Crippen molar-refractivity contribution >= 4 is 17.3 Å². The number of carbonyl (C=O) groups is 1. The molecule has 2 aromatic rings. The van der Waals surface area contributed by atoms with Crippen LogP contribution in [0.5, 0.6) is 0 Å². The molecule has 25 heavy (non-hydrogen) atoms. The van der Waals surface area contributed by atoms with Gasteiger partial charge in [-0.25, -0.2) is 0 Å². The zero-order valence-electron chi connectivity index (χ0n) is 14.2. The number of amides is 1. The molecule has 0 saturated carbocycles. The van der Waals surface area contributed by atoms with E-state index in [2.05, 4.69) is 16.3 Å². The van der Waals surface area contributed by atoms with Gasteiger partial charge in [-0.1, -0.05) is 0 Å². The summed E-state index contributed by atoms with van der Waals surface area (Å²) in [5.74, 6) is -0.158. The Balaban J connectivity index is 1.61. The van der Waals surface area contributed by atoms with E-state index in [1.54, 1.807) is 31.4 Å². The van der Waals surface area contributed by atoms with Gasteiger partial charge in [0.15, 0.2) is 0 Å². The lowest BCUT2D eigenvalue weighted by atomic mass is 10.1. The molecule has 1 aliphatic heterocycles. The van der Waals surface area contributed by atoms with Crippen LogP contribution in [0, 0.1) is 11.3 Å². The van der Waals surface area contributed by atoms with Gasteiger partial charge < -0.3 is 15.0 Å². The second-order valence-corrected chi connectivity index (χ2v) is 6.11. The van der Waals surface area contributed by atoms with Gasteiger partial charge in [0.1, 0.15) is 0 Å². The van der Waals surface area contributed by atoms with Crippen LogP contribution in [0.1, 0.15) is 28.8 Å². The van der Waals surface area contributed by atoms with E-state index in [-0.39, 0.29) is 5.91 Å². The molecular weight excluding hydrogens is 314 g/mol. The number of methoxy groups -OCH3 is 1. The Morgan fingerprint density at radius 1 is 1.12 bits per heavy atom. The Kier molecular flexibility index (Phi) is 5.32. The molecule has 128 valence electrons. The number of carbonyl (C=O) groups excluding carboxylic acids is 1. The highest BCUT2D eigenvalue weighted by Crippen LogP contribution is 2.22. The molecule has 0 unspecified atom stereocenters. The first kappa shape index (κ1) is 17.0. The Morgan fingerprint density at radius 3 is 2.32 bits per heavy atom. The van der Waals surface area contributed by atoms with Crippen molar-refractivity contribution in [1.82, 2.24) is 0 Å². The lowest BCUT2D eigenvalue weighted by molar-refractivity contribution is 0.0819. The maximum Gasteiger partial charge on any atom is 0.255 e. The number of piperidine rings is 1. The molecule has 1 N–H and O–H groups in total. The van der Waals surface area contributed by atoms with E-state index in [4.69, 9.17) is 10.00 Å². The molecule has 0 aliphatic carbocycles. The van der Waals surface area contributed by atoms with Crippen molar-refractivity contribution in [3.63, 3.8) is 0 Å². The molecule has 5 nitrogen and oxygen atoms in total. The first-order valence-electron chi connectivity index (χ1n) is 8.39. The number of benzene rings is 2. The molecule has 0 aromatic heterocycles. The highest BCUT2D eigenvalue weighted by atomic mass is 16.5. The molecule has 3 rings (SSSR count). The number of rotatable bonds is 4. The molecule has 0 radical (unpaired) electrons. The molecule has 1 fully saturated rings. The Morgan fingerprint density at radius 2 is 1.76 bits per heavy atom. The first-order chi connectivity index (χ1) is 12.2. The van der Waals surface area contributed by atoms with Gasteiger partial charge in [-0.2, -0.15) is 5.26 Å². The number of ether oxygens (including phenoxy) is 1. The number of nitrogens with one attached hydrogen (secondary N) is 1. The highest BCUT2D eigenvalue weighted by molar-refractivity contribution is 6.04. The van der Waals surface area contributed by atoms with Gasteiger partial charge in [0, 0.05) is 37.1 Å². The van der Waals surface area contributed by atoms with Crippen molar-refractivity contribution in [2.45, 2.75) is 18.9 Å². The van der Waals surface area contributed by atoms with Crippen LogP contribution in [0.2, 0.25) is 0 Å². The first-order valence-corrected chi connectivity index (χ1v) is 8.39. The lowest BCUT2D eigenvalue weighted by Gasteiger charge is -2.33. The van der Waals surface area contributed by atoms with Crippen molar-refractivity contribution < 1.29 is 9.53 Å². The van der Waals surface area contributed by atoms with Crippen molar-refractivity contribution in [2.24, 2.45) is 0 Å². The van der Waals surface area contributed by atoms with E-state index in [1.165, 1.54) is 0 Å². The third-order valence-electron chi connectivity index (χ3n) is 4.54. The SMILES string of the molecule is COC1CCN(c2ccc(C(=O)Nc3ccc(C#N)cc3)cc2)CC1. The smallest absolute Gasteiger partial charge is 0.255 e. The average Bonchev–Trinajstić information content (AvgIpc) is 2.69. The maximum absolute atomic E-state index is 12.3. The van der Waals surface area contributed by atoms with Crippen LogP contribution in [0.4, 0.5) is 11.4 Å². The van der Waals surface area contributed by atoms with Gasteiger partial charge in [-0.3, -0.25) is 4.79 Å². The maximum atomic E-state index is 12.3. The number of nitriles is 1. The van der Waals surface area contributed by atoms with E-state index in [0.29, 0.717) is 22.9 Å². The molecule has 2 aromatic carbocycles.